The summed E-state index contributed by atoms with van der Waals surface area (Å²) < 4.78 is 24.2. The Morgan fingerprint density at radius 1 is 1.35 bits per heavy atom. The van der Waals surface area contributed by atoms with Crippen LogP contribution in [0.15, 0.2) is 18.2 Å². The number of ether oxygens (including phenoxy) is 2. The van der Waals surface area contributed by atoms with Gasteiger partial charge in [-0.2, -0.15) is 0 Å². The minimum atomic E-state index is -0.363. The third-order valence-electron chi connectivity index (χ3n) is 4.29. The number of hydrogen-bond donors (Lipinski definition) is 2. The molecule has 2 aliphatic rings. The Hall–Kier alpha value is -1.53. The maximum absolute atomic E-state index is 13.3. The van der Waals surface area contributed by atoms with Gasteiger partial charge in [0.15, 0.2) is 11.5 Å². The van der Waals surface area contributed by atoms with Gasteiger partial charge in [-0.15, -0.1) is 12.4 Å². The fourth-order valence-electron chi connectivity index (χ4n) is 2.90. The first-order valence-corrected chi connectivity index (χ1v) is 7.67. The lowest BCUT2D eigenvalue weighted by Crippen LogP contribution is -2.47. The van der Waals surface area contributed by atoms with Crippen LogP contribution < -0.4 is 20.1 Å². The summed E-state index contributed by atoms with van der Waals surface area (Å²) in [5.41, 5.74) is 0. The van der Waals surface area contributed by atoms with Crippen molar-refractivity contribution in [3.8, 4) is 11.5 Å². The van der Waals surface area contributed by atoms with E-state index in [-0.39, 0.29) is 42.2 Å². The van der Waals surface area contributed by atoms with Gasteiger partial charge in [-0.05, 0) is 37.9 Å². The number of amides is 1. The summed E-state index contributed by atoms with van der Waals surface area (Å²) in [7, 11) is 1.52. The maximum Gasteiger partial charge on any atom is 0.223 e. The van der Waals surface area contributed by atoms with Crippen molar-refractivity contribution in [1.82, 2.24) is 10.6 Å². The summed E-state index contributed by atoms with van der Waals surface area (Å²) in [5, 5.41) is 6.28. The van der Waals surface area contributed by atoms with Gasteiger partial charge in [0.05, 0.1) is 7.11 Å². The molecule has 0 radical (unpaired) electrons. The van der Waals surface area contributed by atoms with Crippen molar-refractivity contribution in [1.29, 1.82) is 0 Å². The molecule has 0 aromatic heterocycles. The molecule has 1 saturated carbocycles. The second-order valence-electron chi connectivity index (χ2n) is 5.90. The fraction of sp³-hybridized carbons (Fsp3) is 0.562. The second-order valence-corrected chi connectivity index (χ2v) is 5.90. The molecule has 1 unspecified atom stereocenters. The largest absolute Gasteiger partial charge is 0.493 e. The Kier molecular flexibility index (Phi) is 6.07. The summed E-state index contributed by atoms with van der Waals surface area (Å²) >= 11 is 0. The molecular formula is C16H22ClFN2O3. The molecule has 1 aromatic rings. The molecule has 128 valence electrons. The van der Waals surface area contributed by atoms with Crippen LogP contribution >= 0.6 is 12.4 Å². The van der Waals surface area contributed by atoms with Crippen LogP contribution in [0, 0.1) is 11.7 Å². The fourth-order valence-corrected chi connectivity index (χ4v) is 2.90. The van der Waals surface area contributed by atoms with Gasteiger partial charge in [0.2, 0.25) is 5.91 Å². The maximum atomic E-state index is 13.3. The van der Waals surface area contributed by atoms with Gasteiger partial charge in [-0.1, -0.05) is 0 Å². The first-order valence-electron chi connectivity index (χ1n) is 7.67. The van der Waals surface area contributed by atoms with Crippen LogP contribution in [0.25, 0.3) is 0 Å². The van der Waals surface area contributed by atoms with Gasteiger partial charge in [0.1, 0.15) is 11.9 Å². The highest BCUT2D eigenvalue weighted by Crippen LogP contribution is 2.35. The zero-order valence-electron chi connectivity index (χ0n) is 13.0. The smallest absolute Gasteiger partial charge is 0.223 e. The molecule has 1 heterocycles. The van der Waals surface area contributed by atoms with Crippen LogP contribution in [0.1, 0.15) is 19.3 Å². The van der Waals surface area contributed by atoms with E-state index in [9.17, 15) is 9.18 Å². The van der Waals surface area contributed by atoms with E-state index in [0.717, 1.165) is 19.5 Å². The van der Waals surface area contributed by atoms with E-state index in [1.54, 1.807) is 6.07 Å². The van der Waals surface area contributed by atoms with Gasteiger partial charge in [0, 0.05) is 24.6 Å². The molecule has 7 heteroatoms. The summed E-state index contributed by atoms with van der Waals surface area (Å²) in [6, 6.07) is 4.44. The lowest BCUT2D eigenvalue weighted by Gasteiger charge is -2.35. The van der Waals surface area contributed by atoms with E-state index >= 15 is 0 Å². The van der Waals surface area contributed by atoms with Crippen molar-refractivity contribution in [3.05, 3.63) is 24.0 Å². The number of benzene rings is 1. The first kappa shape index (κ1) is 17.8. The van der Waals surface area contributed by atoms with Gasteiger partial charge in [-0.25, -0.2) is 4.39 Å². The molecule has 1 aliphatic heterocycles. The highest BCUT2D eigenvalue weighted by molar-refractivity contribution is 5.85. The first-order chi connectivity index (χ1) is 10.7. The number of halogens is 2. The van der Waals surface area contributed by atoms with E-state index in [1.807, 2.05) is 0 Å². The van der Waals surface area contributed by atoms with E-state index < -0.39 is 0 Å². The van der Waals surface area contributed by atoms with Crippen LogP contribution in [-0.2, 0) is 4.79 Å². The quantitative estimate of drug-likeness (QED) is 0.856. The van der Waals surface area contributed by atoms with Crippen LogP contribution in [0.4, 0.5) is 4.39 Å². The average molecular weight is 345 g/mol. The molecule has 23 heavy (non-hydrogen) atoms. The Bertz CT molecular complexity index is 546. The lowest BCUT2D eigenvalue weighted by atomic mass is 9.81. The van der Waals surface area contributed by atoms with E-state index in [4.69, 9.17) is 9.47 Å². The molecule has 1 aliphatic carbocycles. The summed E-state index contributed by atoms with van der Waals surface area (Å²) in [6.45, 7) is 1.81. The molecule has 2 fully saturated rings. The normalized spacial score (nSPS) is 25.9. The summed E-state index contributed by atoms with van der Waals surface area (Å²) in [5.74, 6) is 0.626. The number of methoxy groups -OCH3 is 1. The lowest BCUT2D eigenvalue weighted by molar-refractivity contribution is -0.131. The third kappa shape index (κ3) is 4.26. The molecule has 5 nitrogen and oxygen atoms in total. The zero-order valence-corrected chi connectivity index (χ0v) is 13.8. The van der Waals surface area contributed by atoms with Crippen LogP contribution in [0.2, 0.25) is 0 Å². The number of carbonyl (C=O) groups is 1. The summed E-state index contributed by atoms with van der Waals surface area (Å²) in [6.07, 6.45) is 2.24. The molecule has 1 aromatic carbocycles. The van der Waals surface area contributed by atoms with E-state index in [2.05, 4.69) is 10.6 Å². The molecular weight excluding hydrogens is 323 g/mol. The number of carbonyl (C=O) groups excluding carboxylic acids is 1. The predicted molar refractivity (Wildman–Crippen MR) is 86.8 cm³/mol. The minimum Gasteiger partial charge on any atom is -0.493 e. The Morgan fingerprint density at radius 3 is 2.78 bits per heavy atom. The SMILES string of the molecule is COc1ccc(F)cc1OC1CC(C(=O)NC2CCNC2)C1.Cl. The van der Waals surface area contributed by atoms with Crippen molar-refractivity contribution in [2.45, 2.75) is 31.4 Å². The summed E-state index contributed by atoms with van der Waals surface area (Å²) in [4.78, 5) is 12.1. The molecule has 3 rings (SSSR count). The Labute approximate surface area is 141 Å². The Balaban J connectivity index is 0.00000192. The van der Waals surface area contributed by atoms with Gasteiger partial charge < -0.3 is 20.1 Å². The number of hydrogen-bond acceptors (Lipinski definition) is 4. The second kappa shape index (κ2) is 7.84. The molecule has 0 spiro atoms. The highest BCUT2D eigenvalue weighted by Gasteiger charge is 2.37. The van der Waals surface area contributed by atoms with Crippen LogP contribution in [-0.4, -0.2) is 38.3 Å². The van der Waals surface area contributed by atoms with Crippen molar-refractivity contribution in [2.24, 2.45) is 5.92 Å². The molecule has 1 atom stereocenters. The number of rotatable bonds is 5. The topological polar surface area (TPSA) is 59.6 Å². The Morgan fingerprint density at radius 2 is 2.13 bits per heavy atom. The monoisotopic (exact) mass is 344 g/mol. The zero-order chi connectivity index (χ0) is 15.5. The molecule has 0 bridgehead atoms. The van der Waals surface area contributed by atoms with Gasteiger partial charge in [-0.3, -0.25) is 4.79 Å². The van der Waals surface area contributed by atoms with Gasteiger partial charge >= 0.3 is 0 Å². The third-order valence-corrected chi connectivity index (χ3v) is 4.29. The van der Waals surface area contributed by atoms with Crippen molar-refractivity contribution in [3.63, 3.8) is 0 Å². The van der Waals surface area contributed by atoms with E-state index in [1.165, 1.54) is 19.2 Å². The van der Waals surface area contributed by atoms with Crippen molar-refractivity contribution >= 4 is 18.3 Å². The van der Waals surface area contributed by atoms with Crippen molar-refractivity contribution in [2.75, 3.05) is 20.2 Å². The standard InChI is InChI=1S/C16H21FN2O3.ClH/c1-21-14-3-2-11(17)8-15(14)22-13-6-10(7-13)16(20)19-12-4-5-18-9-12;/h2-3,8,10,12-13,18H,4-7,9H2,1H3,(H,19,20);1H. The predicted octanol–water partition coefficient (Wildman–Crippen LogP) is 1.89. The molecule has 2 N–H and O–H groups in total. The van der Waals surface area contributed by atoms with Crippen molar-refractivity contribution < 1.29 is 18.7 Å². The van der Waals surface area contributed by atoms with E-state index in [0.29, 0.717) is 24.3 Å². The molecule has 1 saturated heterocycles. The average Bonchev–Trinajstić information content (AvgIpc) is 2.95. The molecule has 1 amide bonds. The van der Waals surface area contributed by atoms with Crippen LogP contribution in [0.3, 0.4) is 0 Å². The minimum absolute atomic E-state index is 0. The van der Waals surface area contributed by atoms with Crippen LogP contribution in [0.5, 0.6) is 11.5 Å². The number of nitrogens with one attached hydrogen (secondary N) is 2. The highest BCUT2D eigenvalue weighted by atomic mass is 35.5. The van der Waals surface area contributed by atoms with Gasteiger partial charge in [0.25, 0.3) is 0 Å².